The average Bonchev–Trinajstić information content (AvgIpc) is 3.29. The lowest BCUT2D eigenvalue weighted by Crippen LogP contribution is -2.34. The maximum atomic E-state index is 12.0. The minimum atomic E-state index is -0.107. The summed E-state index contributed by atoms with van der Waals surface area (Å²) in [5.74, 6) is 0.654. The smallest absolute Gasteiger partial charge is 0.270 e. The molecule has 2 aromatic heterocycles. The van der Waals surface area contributed by atoms with Crippen LogP contribution in [0.25, 0.3) is 0 Å². The van der Waals surface area contributed by atoms with Gasteiger partial charge in [0.15, 0.2) is 0 Å². The number of hydrogen-bond acceptors (Lipinski definition) is 8. The third kappa shape index (κ3) is 2.96. The highest BCUT2D eigenvalue weighted by molar-refractivity contribution is 7.15. The first-order chi connectivity index (χ1) is 11.2. The van der Waals surface area contributed by atoms with Crippen LogP contribution in [0.1, 0.15) is 15.5 Å². The van der Waals surface area contributed by atoms with E-state index in [-0.39, 0.29) is 12.0 Å². The van der Waals surface area contributed by atoms with Crippen LogP contribution in [0.15, 0.2) is 10.9 Å². The van der Waals surface area contributed by atoms with Gasteiger partial charge in [-0.05, 0) is 6.92 Å². The van der Waals surface area contributed by atoms with Gasteiger partial charge in [0, 0.05) is 36.9 Å². The monoisotopic (exact) mass is 351 g/mol. The van der Waals surface area contributed by atoms with E-state index in [0.717, 1.165) is 23.2 Å². The van der Waals surface area contributed by atoms with Crippen molar-refractivity contribution in [3.63, 3.8) is 0 Å². The first kappa shape index (κ1) is 15.0. The van der Waals surface area contributed by atoms with Crippen LogP contribution in [0.4, 0.5) is 5.13 Å². The number of amides is 1. The van der Waals surface area contributed by atoms with Gasteiger partial charge in [0.25, 0.3) is 5.91 Å². The Kier molecular flexibility index (Phi) is 4.00. The quantitative estimate of drug-likeness (QED) is 0.891. The molecule has 0 radical (unpaired) electrons. The van der Waals surface area contributed by atoms with Gasteiger partial charge in [0.05, 0.1) is 18.2 Å². The van der Waals surface area contributed by atoms with Crippen LogP contribution in [0.5, 0.6) is 0 Å². The first-order valence-electron chi connectivity index (χ1n) is 7.54. The Hall–Kier alpha value is -1.58. The number of carbonyl (C=O) groups excluding carboxylic acids is 1. The highest BCUT2D eigenvalue weighted by atomic mass is 32.1. The van der Waals surface area contributed by atoms with Gasteiger partial charge in [-0.2, -0.15) is 0 Å². The number of ether oxygens (including phenoxy) is 1. The second-order valence-corrected chi connectivity index (χ2v) is 7.77. The molecule has 7 nitrogen and oxygen atoms in total. The van der Waals surface area contributed by atoms with Crippen LogP contribution in [0, 0.1) is 18.8 Å². The Morgan fingerprint density at radius 2 is 2.39 bits per heavy atom. The Labute approximate surface area is 141 Å². The Morgan fingerprint density at radius 1 is 1.48 bits per heavy atom. The zero-order valence-corrected chi connectivity index (χ0v) is 14.3. The molecule has 0 unspecified atom stereocenters. The number of nitrogens with zero attached hydrogens (tertiary/aromatic N) is 4. The summed E-state index contributed by atoms with van der Waals surface area (Å²) in [4.78, 5) is 18.3. The van der Waals surface area contributed by atoms with Crippen LogP contribution in [-0.4, -0.2) is 53.4 Å². The van der Waals surface area contributed by atoms with E-state index < -0.39 is 0 Å². The van der Waals surface area contributed by atoms with Gasteiger partial charge in [-0.25, -0.2) is 4.98 Å². The molecule has 0 aliphatic carbocycles. The summed E-state index contributed by atoms with van der Waals surface area (Å²) in [6, 6.07) is 0. The van der Waals surface area contributed by atoms with Crippen molar-refractivity contribution in [3.8, 4) is 0 Å². The molecule has 0 saturated carbocycles. The van der Waals surface area contributed by atoms with Gasteiger partial charge in [0.2, 0.25) is 5.13 Å². The summed E-state index contributed by atoms with van der Waals surface area (Å²) < 4.78 is 5.92. The number of carbonyl (C=O) groups is 1. The molecule has 1 N–H and O–H groups in total. The first-order valence-corrected chi connectivity index (χ1v) is 9.29. The summed E-state index contributed by atoms with van der Waals surface area (Å²) in [5, 5.41) is 15.0. The number of fused-ring (bicyclic) bond motifs is 1. The molecule has 2 aromatic rings. The van der Waals surface area contributed by atoms with E-state index in [9.17, 15) is 4.79 Å². The Balaban J connectivity index is 1.35. The number of thiazole rings is 1. The molecule has 0 bridgehead atoms. The van der Waals surface area contributed by atoms with Crippen molar-refractivity contribution >= 4 is 33.7 Å². The topological polar surface area (TPSA) is 80.2 Å². The van der Waals surface area contributed by atoms with Crippen molar-refractivity contribution in [2.24, 2.45) is 11.8 Å². The summed E-state index contributed by atoms with van der Waals surface area (Å²) in [5.41, 5.74) is 2.16. The highest BCUT2D eigenvalue weighted by Gasteiger charge is 2.44. The maximum Gasteiger partial charge on any atom is 0.270 e. The standard InChI is InChI=1S/C14H17N5O2S2/c1-8-17-18-14(23-8)19-3-10-9(5-21-12(10)4-19)2-15-13(20)11-6-22-7-16-11/h6-7,9-10,12H,2-5H2,1H3,(H,15,20)/t9-,10+,12+/m0/s1. The molecule has 0 spiro atoms. The van der Waals surface area contributed by atoms with Crippen molar-refractivity contribution in [1.82, 2.24) is 20.5 Å². The molecule has 2 aliphatic heterocycles. The molecule has 23 heavy (non-hydrogen) atoms. The van der Waals surface area contributed by atoms with Gasteiger partial charge in [-0.15, -0.1) is 21.5 Å². The minimum Gasteiger partial charge on any atom is -0.376 e. The predicted octanol–water partition coefficient (Wildman–Crippen LogP) is 1.18. The van der Waals surface area contributed by atoms with E-state index in [0.29, 0.717) is 30.7 Å². The molecule has 3 atom stereocenters. The fraction of sp³-hybridized carbons (Fsp3) is 0.571. The van der Waals surface area contributed by atoms with Gasteiger partial charge < -0.3 is 15.0 Å². The molecule has 9 heteroatoms. The molecule has 4 heterocycles. The fourth-order valence-electron chi connectivity index (χ4n) is 3.22. The maximum absolute atomic E-state index is 12.0. The third-order valence-corrected chi connectivity index (χ3v) is 5.90. The third-order valence-electron chi connectivity index (χ3n) is 4.41. The SMILES string of the molecule is Cc1nnc(N2C[C@@H]3[C@@H](CNC(=O)c4cscn4)CO[C@@H]3C2)s1. The molecule has 2 fully saturated rings. The lowest BCUT2D eigenvalue weighted by molar-refractivity contribution is 0.0935. The number of aryl methyl sites for hydroxylation is 1. The molecule has 4 rings (SSSR count). The highest BCUT2D eigenvalue weighted by Crippen LogP contribution is 2.36. The summed E-state index contributed by atoms with van der Waals surface area (Å²) >= 11 is 3.04. The van der Waals surface area contributed by atoms with Gasteiger partial charge in [0.1, 0.15) is 10.7 Å². The average molecular weight is 351 g/mol. The van der Waals surface area contributed by atoms with Crippen molar-refractivity contribution in [2.45, 2.75) is 13.0 Å². The Morgan fingerprint density at radius 3 is 3.13 bits per heavy atom. The number of hydrogen-bond donors (Lipinski definition) is 1. The molecule has 122 valence electrons. The molecule has 2 aliphatic rings. The molecular weight excluding hydrogens is 334 g/mol. The second kappa shape index (κ2) is 6.14. The van der Waals surface area contributed by atoms with E-state index in [2.05, 4.69) is 25.4 Å². The largest absolute Gasteiger partial charge is 0.376 e. The van der Waals surface area contributed by atoms with Crippen molar-refractivity contribution in [3.05, 3.63) is 21.6 Å². The number of anilines is 1. The normalized spacial score (nSPS) is 26.5. The zero-order chi connectivity index (χ0) is 15.8. The predicted molar refractivity (Wildman–Crippen MR) is 88.0 cm³/mol. The molecule has 0 aromatic carbocycles. The molecular formula is C14H17N5O2S2. The number of aromatic nitrogens is 3. The zero-order valence-electron chi connectivity index (χ0n) is 12.6. The van der Waals surface area contributed by atoms with Crippen molar-refractivity contribution < 1.29 is 9.53 Å². The van der Waals surface area contributed by atoms with Gasteiger partial charge in [-0.1, -0.05) is 11.3 Å². The molecule has 1 amide bonds. The summed E-state index contributed by atoms with van der Waals surface area (Å²) in [6.45, 7) is 5.06. The van der Waals surface area contributed by atoms with Crippen LogP contribution >= 0.6 is 22.7 Å². The Bertz CT molecular complexity index is 689. The number of nitrogens with one attached hydrogen (secondary N) is 1. The summed E-state index contributed by atoms with van der Waals surface area (Å²) in [6.07, 6.45) is 0.223. The van der Waals surface area contributed by atoms with Crippen molar-refractivity contribution in [2.75, 3.05) is 31.1 Å². The van der Waals surface area contributed by atoms with E-state index in [1.165, 1.54) is 11.3 Å². The van der Waals surface area contributed by atoms with E-state index in [4.69, 9.17) is 4.74 Å². The van der Waals surface area contributed by atoms with Crippen LogP contribution in [0.3, 0.4) is 0 Å². The number of rotatable bonds is 4. The lowest BCUT2D eigenvalue weighted by atomic mass is 9.93. The lowest BCUT2D eigenvalue weighted by Gasteiger charge is -2.18. The fourth-order valence-corrected chi connectivity index (χ4v) is 4.46. The van der Waals surface area contributed by atoms with E-state index in [1.54, 1.807) is 22.2 Å². The van der Waals surface area contributed by atoms with Crippen LogP contribution in [0.2, 0.25) is 0 Å². The second-order valence-electron chi connectivity index (χ2n) is 5.89. The molecule has 2 saturated heterocycles. The van der Waals surface area contributed by atoms with Crippen LogP contribution in [-0.2, 0) is 4.74 Å². The van der Waals surface area contributed by atoms with Crippen LogP contribution < -0.4 is 10.2 Å². The minimum absolute atomic E-state index is 0.107. The summed E-state index contributed by atoms with van der Waals surface area (Å²) in [7, 11) is 0. The van der Waals surface area contributed by atoms with E-state index in [1.807, 2.05) is 6.92 Å². The van der Waals surface area contributed by atoms with E-state index >= 15 is 0 Å². The van der Waals surface area contributed by atoms with Gasteiger partial charge >= 0.3 is 0 Å². The van der Waals surface area contributed by atoms with Crippen molar-refractivity contribution in [1.29, 1.82) is 0 Å². The van der Waals surface area contributed by atoms with Gasteiger partial charge in [-0.3, -0.25) is 4.79 Å².